The minimum Gasteiger partial charge on any atom is -0.355 e. The molecule has 0 fully saturated rings. The molecule has 5 heteroatoms. The lowest BCUT2D eigenvalue weighted by Crippen LogP contribution is -2.40. The van der Waals surface area contributed by atoms with Crippen LogP contribution in [0.15, 0.2) is 0 Å². The standard InChI is InChI=1S/C9H16N2O2S/c1-3-5-8(10)9(12)11-6-4-7-14(2)13/h1,8H,4-7,10H2,2H3,(H,11,12). The smallest absolute Gasteiger partial charge is 0.237 e. The van der Waals surface area contributed by atoms with Crippen molar-refractivity contribution in [3.63, 3.8) is 0 Å². The highest BCUT2D eigenvalue weighted by molar-refractivity contribution is 7.84. The second kappa shape index (κ2) is 7.54. The normalized spacial score (nSPS) is 14.1. The van der Waals surface area contributed by atoms with Crippen molar-refractivity contribution in [1.29, 1.82) is 0 Å². The minimum absolute atomic E-state index is 0.242. The fraction of sp³-hybridized carbons (Fsp3) is 0.667. The Morgan fingerprint density at radius 3 is 2.86 bits per heavy atom. The fourth-order valence-corrected chi connectivity index (χ4v) is 1.39. The van der Waals surface area contributed by atoms with E-state index < -0.39 is 16.8 Å². The summed E-state index contributed by atoms with van der Waals surface area (Å²) in [6.07, 6.45) is 7.58. The SMILES string of the molecule is C#CCC(N)C(=O)NCCCS(C)=O. The zero-order valence-corrected chi connectivity index (χ0v) is 9.10. The zero-order chi connectivity index (χ0) is 11.0. The van der Waals surface area contributed by atoms with Crippen LogP contribution in [0.3, 0.4) is 0 Å². The fourth-order valence-electron chi connectivity index (χ4n) is 0.838. The number of terminal acetylenes is 1. The third-order valence-corrected chi connectivity index (χ3v) is 2.45. The first kappa shape index (κ1) is 13.1. The number of amides is 1. The van der Waals surface area contributed by atoms with Crippen LogP contribution in [0.2, 0.25) is 0 Å². The van der Waals surface area contributed by atoms with Gasteiger partial charge in [0.1, 0.15) is 0 Å². The summed E-state index contributed by atoms with van der Waals surface area (Å²) < 4.78 is 10.7. The van der Waals surface area contributed by atoms with Crippen molar-refractivity contribution in [3.05, 3.63) is 0 Å². The van der Waals surface area contributed by atoms with E-state index in [1.165, 1.54) is 0 Å². The van der Waals surface area contributed by atoms with E-state index in [2.05, 4.69) is 11.2 Å². The van der Waals surface area contributed by atoms with E-state index in [4.69, 9.17) is 12.2 Å². The Kier molecular flexibility index (Phi) is 7.07. The monoisotopic (exact) mass is 216 g/mol. The quantitative estimate of drug-likeness (QED) is 0.452. The van der Waals surface area contributed by atoms with Crippen LogP contribution in [-0.2, 0) is 15.6 Å². The molecule has 14 heavy (non-hydrogen) atoms. The molecule has 1 amide bonds. The Morgan fingerprint density at radius 2 is 2.36 bits per heavy atom. The molecule has 0 radical (unpaired) electrons. The summed E-state index contributed by atoms with van der Waals surface area (Å²) in [5.41, 5.74) is 5.46. The molecule has 80 valence electrons. The summed E-state index contributed by atoms with van der Waals surface area (Å²) >= 11 is 0. The van der Waals surface area contributed by atoms with Gasteiger partial charge in [-0.05, 0) is 6.42 Å². The number of hydrogen-bond donors (Lipinski definition) is 2. The van der Waals surface area contributed by atoms with Crippen molar-refractivity contribution >= 4 is 16.7 Å². The van der Waals surface area contributed by atoms with Gasteiger partial charge in [0.25, 0.3) is 0 Å². The largest absolute Gasteiger partial charge is 0.355 e. The molecule has 0 rings (SSSR count). The van der Waals surface area contributed by atoms with E-state index in [1.54, 1.807) is 6.26 Å². The molecule has 2 unspecified atom stereocenters. The molecule has 0 aromatic rings. The highest BCUT2D eigenvalue weighted by Gasteiger charge is 2.10. The van der Waals surface area contributed by atoms with E-state index in [-0.39, 0.29) is 12.3 Å². The van der Waals surface area contributed by atoms with Crippen molar-refractivity contribution in [3.8, 4) is 12.3 Å². The molecule has 0 aliphatic carbocycles. The average molecular weight is 216 g/mol. The average Bonchev–Trinajstić information content (AvgIpc) is 2.12. The van der Waals surface area contributed by atoms with Crippen LogP contribution in [-0.4, -0.2) is 34.7 Å². The van der Waals surface area contributed by atoms with Gasteiger partial charge in [-0.25, -0.2) is 0 Å². The highest BCUT2D eigenvalue weighted by Crippen LogP contribution is 1.87. The number of carbonyl (C=O) groups excluding carboxylic acids is 1. The van der Waals surface area contributed by atoms with Gasteiger partial charge in [-0.15, -0.1) is 12.3 Å². The maximum Gasteiger partial charge on any atom is 0.237 e. The Morgan fingerprint density at radius 1 is 1.71 bits per heavy atom. The first-order chi connectivity index (χ1) is 6.57. The molecule has 0 spiro atoms. The molecule has 0 aromatic heterocycles. The zero-order valence-electron chi connectivity index (χ0n) is 8.29. The predicted molar refractivity (Wildman–Crippen MR) is 58.0 cm³/mol. The second-order valence-corrected chi connectivity index (χ2v) is 4.49. The van der Waals surface area contributed by atoms with Crippen molar-refractivity contribution in [2.24, 2.45) is 5.73 Å². The lowest BCUT2D eigenvalue weighted by atomic mass is 10.2. The van der Waals surface area contributed by atoms with Crippen molar-refractivity contribution < 1.29 is 9.00 Å². The van der Waals surface area contributed by atoms with E-state index in [0.29, 0.717) is 18.7 Å². The number of carbonyl (C=O) groups is 1. The van der Waals surface area contributed by atoms with Crippen LogP contribution in [0, 0.1) is 12.3 Å². The van der Waals surface area contributed by atoms with Crippen LogP contribution in [0.5, 0.6) is 0 Å². The molecule has 0 saturated heterocycles. The van der Waals surface area contributed by atoms with E-state index in [9.17, 15) is 9.00 Å². The Hall–Kier alpha value is -0.860. The maximum absolute atomic E-state index is 11.2. The summed E-state index contributed by atoms with van der Waals surface area (Å²) in [6, 6.07) is -0.632. The van der Waals surface area contributed by atoms with Gasteiger partial charge in [0, 0.05) is 35.8 Å². The number of rotatable bonds is 6. The van der Waals surface area contributed by atoms with E-state index >= 15 is 0 Å². The molecule has 2 atom stereocenters. The molecule has 0 aromatic carbocycles. The summed E-state index contributed by atoms with van der Waals surface area (Å²) in [7, 11) is -0.809. The van der Waals surface area contributed by atoms with Gasteiger partial charge in [0.2, 0.25) is 5.91 Å². The molecule has 0 bridgehead atoms. The van der Waals surface area contributed by atoms with Gasteiger partial charge < -0.3 is 11.1 Å². The molecule has 0 aliphatic rings. The van der Waals surface area contributed by atoms with Crippen LogP contribution >= 0.6 is 0 Å². The number of hydrogen-bond acceptors (Lipinski definition) is 3. The predicted octanol–water partition coefficient (Wildman–Crippen LogP) is -0.778. The van der Waals surface area contributed by atoms with E-state index in [1.807, 2.05) is 0 Å². The topological polar surface area (TPSA) is 72.2 Å². The Labute approximate surface area is 87.1 Å². The Balaban J connectivity index is 3.54. The summed E-state index contributed by atoms with van der Waals surface area (Å²) in [4.78, 5) is 11.2. The summed E-state index contributed by atoms with van der Waals surface area (Å²) in [6.45, 7) is 0.497. The summed E-state index contributed by atoms with van der Waals surface area (Å²) in [5, 5.41) is 2.63. The lowest BCUT2D eigenvalue weighted by molar-refractivity contribution is -0.122. The van der Waals surface area contributed by atoms with Gasteiger partial charge in [-0.1, -0.05) is 0 Å². The molecule has 0 aliphatic heterocycles. The molecule has 4 nitrogen and oxygen atoms in total. The minimum atomic E-state index is -0.809. The van der Waals surface area contributed by atoms with Gasteiger partial charge in [0.05, 0.1) is 6.04 Å². The van der Waals surface area contributed by atoms with Crippen molar-refractivity contribution in [1.82, 2.24) is 5.32 Å². The van der Waals surface area contributed by atoms with E-state index in [0.717, 1.165) is 0 Å². The third kappa shape index (κ3) is 6.63. The van der Waals surface area contributed by atoms with Crippen molar-refractivity contribution in [2.45, 2.75) is 18.9 Å². The van der Waals surface area contributed by atoms with Crippen LogP contribution in [0.25, 0.3) is 0 Å². The number of nitrogens with one attached hydrogen (secondary N) is 1. The first-order valence-corrected chi connectivity index (χ1v) is 6.07. The Bertz CT molecular complexity index is 248. The lowest BCUT2D eigenvalue weighted by Gasteiger charge is -2.08. The summed E-state index contributed by atoms with van der Waals surface area (Å²) in [5.74, 6) is 2.66. The molecular formula is C9H16N2O2S. The molecule has 0 saturated carbocycles. The molecule has 3 N–H and O–H groups in total. The van der Waals surface area contributed by atoms with Crippen LogP contribution in [0.1, 0.15) is 12.8 Å². The van der Waals surface area contributed by atoms with Crippen LogP contribution in [0.4, 0.5) is 0 Å². The van der Waals surface area contributed by atoms with Crippen LogP contribution < -0.4 is 11.1 Å². The third-order valence-electron chi connectivity index (χ3n) is 1.58. The van der Waals surface area contributed by atoms with Gasteiger partial charge in [-0.2, -0.15) is 0 Å². The molecule has 0 heterocycles. The van der Waals surface area contributed by atoms with Gasteiger partial charge in [0.15, 0.2) is 0 Å². The highest BCUT2D eigenvalue weighted by atomic mass is 32.2. The van der Waals surface area contributed by atoms with Gasteiger partial charge in [-0.3, -0.25) is 9.00 Å². The first-order valence-electron chi connectivity index (χ1n) is 4.34. The van der Waals surface area contributed by atoms with Gasteiger partial charge >= 0.3 is 0 Å². The second-order valence-electron chi connectivity index (χ2n) is 2.94. The van der Waals surface area contributed by atoms with Crippen molar-refractivity contribution in [2.75, 3.05) is 18.6 Å². The maximum atomic E-state index is 11.2. The molecular weight excluding hydrogens is 200 g/mol. The number of nitrogens with two attached hydrogens (primary N) is 1.